The van der Waals surface area contributed by atoms with Crippen LogP contribution in [0.1, 0.15) is 26.7 Å². The maximum atomic E-state index is 6.07. The van der Waals surface area contributed by atoms with E-state index in [1.807, 2.05) is 18.2 Å². The summed E-state index contributed by atoms with van der Waals surface area (Å²) >= 11 is 6.07. The molecule has 3 rings (SSSR count). The molecule has 2 aliphatic rings. The minimum Gasteiger partial charge on any atom is -0.495 e. The number of hydrogen-bond acceptors (Lipinski definition) is 3. The largest absolute Gasteiger partial charge is 0.495 e. The molecule has 0 bridgehead atoms. The number of anilines is 1. The first-order valence-corrected chi connectivity index (χ1v) is 7.63. The molecule has 1 saturated carbocycles. The molecule has 1 aliphatic carbocycles. The van der Waals surface area contributed by atoms with Crippen molar-refractivity contribution in [1.82, 2.24) is 0 Å². The van der Waals surface area contributed by atoms with Crippen LogP contribution in [-0.4, -0.2) is 25.9 Å². The van der Waals surface area contributed by atoms with Crippen molar-refractivity contribution in [2.24, 2.45) is 11.3 Å². The molecule has 1 saturated heterocycles. The molecule has 3 nitrogen and oxygen atoms in total. The highest BCUT2D eigenvalue weighted by Crippen LogP contribution is 2.52. The third kappa shape index (κ3) is 2.17. The Morgan fingerprint density at radius 3 is 2.95 bits per heavy atom. The van der Waals surface area contributed by atoms with Gasteiger partial charge in [-0.1, -0.05) is 25.4 Å². The maximum Gasteiger partial charge on any atom is 0.139 e. The molecule has 3 atom stereocenters. The van der Waals surface area contributed by atoms with Crippen molar-refractivity contribution in [2.45, 2.75) is 38.8 Å². The van der Waals surface area contributed by atoms with Crippen molar-refractivity contribution < 1.29 is 9.47 Å². The van der Waals surface area contributed by atoms with Gasteiger partial charge in [-0.2, -0.15) is 0 Å². The van der Waals surface area contributed by atoms with Gasteiger partial charge in [0, 0.05) is 35.7 Å². The van der Waals surface area contributed by atoms with E-state index < -0.39 is 0 Å². The van der Waals surface area contributed by atoms with E-state index in [1.54, 1.807) is 7.11 Å². The number of halogens is 1. The normalized spacial score (nSPS) is 31.1. The molecule has 1 aromatic carbocycles. The van der Waals surface area contributed by atoms with Crippen molar-refractivity contribution in [3.63, 3.8) is 0 Å². The van der Waals surface area contributed by atoms with Crippen LogP contribution in [0.2, 0.25) is 5.02 Å². The van der Waals surface area contributed by atoms with Crippen molar-refractivity contribution in [3.05, 3.63) is 23.2 Å². The van der Waals surface area contributed by atoms with Gasteiger partial charge in [0.05, 0.1) is 18.2 Å². The SMILES string of the molecule is COc1cc(NC2C3CCCOC3C2(C)C)ccc1Cl. The predicted molar refractivity (Wildman–Crippen MR) is 81.7 cm³/mol. The van der Waals surface area contributed by atoms with Crippen LogP contribution in [-0.2, 0) is 4.74 Å². The summed E-state index contributed by atoms with van der Waals surface area (Å²) in [7, 11) is 1.64. The van der Waals surface area contributed by atoms with Crippen LogP contribution in [0.15, 0.2) is 18.2 Å². The van der Waals surface area contributed by atoms with E-state index in [-0.39, 0.29) is 5.41 Å². The number of methoxy groups -OCH3 is 1. The second kappa shape index (κ2) is 5.12. The zero-order chi connectivity index (χ0) is 14.3. The van der Waals surface area contributed by atoms with Crippen molar-refractivity contribution >= 4 is 17.3 Å². The van der Waals surface area contributed by atoms with Crippen LogP contribution >= 0.6 is 11.6 Å². The van der Waals surface area contributed by atoms with Crippen molar-refractivity contribution in [1.29, 1.82) is 0 Å². The molecular weight excluding hydrogens is 274 g/mol. The summed E-state index contributed by atoms with van der Waals surface area (Å²) < 4.78 is 11.2. The summed E-state index contributed by atoms with van der Waals surface area (Å²) in [6.45, 7) is 5.47. The van der Waals surface area contributed by atoms with E-state index in [0.29, 0.717) is 28.8 Å². The van der Waals surface area contributed by atoms with Gasteiger partial charge >= 0.3 is 0 Å². The summed E-state index contributed by atoms with van der Waals surface area (Å²) in [5, 5.41) is 4.29. The Bertz CT molecular complexity index is 503. The molecule has 1 heterocycles. The highest BCUT2D eigenvalue weighted by molar-refractivity contribution is 6.32. The molecule has 110 valence electrons. The zero-order valence-electron chi connectivity index (χ0n) is 12.3. The lowest BCUT2D eigenvalue weighted by molar-refractivity contribution is -0.177. The first-order chi connectivity index (χ1) is 9.54. The molecule has 0 spiro atoms. The van der Waals surface area contributed by atoms with Crippen LogP contribution in [0.5, 0.6) is 5.75 Å². The second-order valence-corrected chi connectivity index (χ2v) is 6.80. The third-order valence-electron chi connectivity index (χ3n) is 4.80. The van der Waals surface area contributed by atoms with Gasteiger partial charge in [-0.15, -0.1) is 0 Å². The van der Waals surface area contributed by atoms with E-state index in [1.165, 1.54) is 12.8 Å². The van der Waals surface area contributed by atoms with E-state index in [2.05, 4.69) is 19.2 Å². The van der Waals surface area contributed by atoms with E-state index in [4.69, 9.17) is 21.1 Å². The lowest BCUT2D eigenvalue weighted by Crippen LogP contribution is -2.67. The number of hydrogen-bond donors (Lipinski definition) is 1. The van der Waals surface area contributed by atoms with Gasteiger partial charge in [0.2, 0.25) is 0 Å². The summed E-state index contributed by atoms with van der Waals surface area (Å²) in [4.78, 5) is 0. The molecular formula is C16H22ClNO2. The Kier molecular flexibility index (Phi) is 3.59. The fraction of sp³-hybridized carbons (Fsp3) is 0.625. The van der Waals surface area contributed by atoms with Crippen LogP contribution in [0.3, 0.4) is 0 Å². The number of fused-ring (bicyclic) bond motifs is 1. The van der Waals surface area contributed by atoms with Gasteiger partial charge in [-0.25, -0.2) is 0 Å². The average Bonchev–Trinajstić information content (AvgIpc) is 2.46. The Balaban J connectivity index is 1.77. The third-order valence-corrected chi connectivity index (χ3v) is 5.12. The van der Waals surface area contributed by atoms with E-state index in [0.717, 1.165) is 12.3 Å². The highest BCUT2D eigenvalue weighted by atomic mass is 35.5. The van der Waals surface area contributed by atoms with Crippen LogP contribution in [0.25, 0.3) is 0 Å². The van der Waals surface area contributed by atoms with Gasteiger partial charge in [0.1, 0.15) is 5.75 Å². The number of rotatable bonds is 3. The van der Waals surface area contributed by atoms with Crippen LogP contribution in [0, 0.1) is 11.3 Å². The molecule has 1 aromatic rings. The molecule has 1 aliphatic heterocycles. The topological polar surface area (TPSA) is 30.5 Å². The van der Waals surface area contributed by atoms with Crippen molar-refractivity contribution in [2.75, 3.05) is 19.0 Å². The Morgan fingerprint density at radius 2 is 2.20 bits per heavy atom. The number of benzene rings is 1. The Morgan fingerprint density at radius 1 is 1.40 bits per heavy atom. The lowest BCUT2D eigenvalue weighted by atomic mass is 9.55. The predicted octanol–water partition coefficient (Wildman–Crippen LogP) is 3.96. The fourth-order valence-corrected chi connectivity index (χ4v) is 3.94. The van der Waals surface area contributed by atoms with Gasteiger partial charge in [-0.3, -0.25) is 0 Å². The molecule has 20 heavy (non-hydrogen) atoms. The quantitative estimate of drug-likeness (QED) is 0.915. The molecule has 3 unspecified atom stereocenters. The van der Waals surface area contributed by atoms with Gasteiger partial charge in [0.25, 0.3) is 0 Å². The first kappa shape index (κ1) is 14.0. The van der Waals surface area contributed by atoms with Gasteiger partial charge < -0.3 is 14.8 Å². The van der Waals surface area contributed by atoms with Crippen LogP contribution in [0.4, 0.5) is 5.69 Å². The maximum absolute atomic E-state index is 6.07. The Labute approximate surface area is 125 Å². The molecule has 4 heteroatoms. The molecule has 0 amide bonds. The summed E-state index contributed by atoms with van der Waals surface area (Å²) in [5.74, 6) is 1.32. The lowest BCUT2D eigenvalue weighted by Gasteiger charge is -2.60. The summed E-state index contributed by atoms with van der Waals surface area (Å²) in [6.07, 6.45) is 2.80. The standard InChI is InChI=1S/C16H22ClNO2/c1-16(2)14(11-5-4-8-20-15(11)16)18-10-6-7-12(17)13(9-10)19-3/h6-7,9,11,14-15,18H,4-5,8H2,1-3H3. The molecule has 0 aromatic heterocycles. The number of nitrogens with one attached hydrogen (secondary N) is 1. The molecule has 2 fully saturated rings. The smallest absolute Gasteiger partial charge is 0.139 e. The Hall–Kier alpha value is -0.930. The second-order valence-electron chi connectivity index (χ2n) is 6.39. The number of ether oxygens (including phenoxy) is 2. The summed E-state index contributed by atoms with van der Waals surface area (Å²) in [5.41, 5.74) is 1.23. The van der Waals surface area contributed by atoms with Crippen LogP contribution < -0.4 is 10.1 Å². The zero-order valence-corrected chi connectivity index (χ0v) is 13.0. The van der Waals surface area contributed by atoms with E-state index in [9.17, 15) is 0 Å². The minimum absolute atomic E-state index is 0.165. The van der Waals surface area contributed by atoms with E-state index >= 15 is 0 Å². The fourth-order valence-electron chi connectivity index (χ4n) is 3.74. The summed E-state index contributed by atoms with van der Waals surface area (Å²) in [6, 6.07) is 6.30. The average molecular weight is 296 g/mol. The minimum atomic E-state index is 0.165. The first-order valence-electron chi connectivity index (χ1n) is 7.25. The molecule has 0 radical (unpaired) electrons. The van der Waals surface area contributed by atoms with Crippen molar-refractivity contribution in [3.8, 4) is 5.75 Å². The highest BCUT2D eigenvalue weighted by Gasteiger charge is 2.57. The molecule has 1 N–H and O–H groups in total. The van der Waals surface area contributed by atoms with Gasteiger partial charge in [-0.05, 0) is 25.0 Å². The van der Waals surface area contributed by atoms with Gasteiger partial charge in [0.15, 0.2) is 0 Å². The monoisotopic (exact) mass is 295 g/mol.